The van der Waals surface area contributed by atoms with Crippen molar-refractivity contribution < 1.29 is 4.79 Å². The highest BCUT2D eigenvalue weighted by Crippen LogP contribution is 2.33. The predicted molar refractivity (Wildman–Crippen MR) is 91.1 cm³/mol. The summed E-state index contributed by atoms with van der Waals surface area (Å²) in [5.41, 5.74) is 1.24. The number of carbonyl (C=O) groups excluding carboxylic acids is 1. The van der Waals surface area contributed by atoms with Crippen LogP contribution in [0.3, 0.4) is 0 Å². The minimum atomic E-state index is -0.0203. The molecule has 0 spiro atoms. The minimum absolute atomic E-state index is 0.0203. The quantitative estimate of drug-likeness (QED) is 0.835. The van der Waals surface area contributed by atoms with E-state index in [1.54, 1.807) is 18.6 Å². The molecule has 0 aromatic carbocycles. The van der Waals surface area contributed by atoms with Gasteiger partial charge in [-0.3, -0.25) is 9.78 Å². The lowest BCUT2D eigenvalue weighted by molar-refractivity contribution is 0.0776. The number of likely N-dealkylation sites (tertiary alicyclic amines) is 1. The van der Waals surface area contributed by atoms with E-state index >= 15 is 0 Å². The molecule has 2 saturated heterocycles. The molecule has 2 fully saturated rings. The van der Waals surface area contributed by atoms with Crippen LogP contribution in [-0.4, -0.2) is 51.9 Å². The summed E-state index contributed by atoms with van der Waals surface area (Å²) >= 11 is 5.90. The molecular formula is C17H18ClN5O. The van der Waals surface area contributed by atoms with E-state index in [9.17, 15) is 4.79 Å². The number of hydrogen-bond donors (Lipinski definition) is 0. The highest BCUT2D eigenvalue weighted by Gasteiger charge is 2.42. The van der Waals surface area contributed by atoms with Crippen molar-refractivity contribution in [2.45, 2.75) is 6.92 Å². The van der Waals surface area contributed by atoms with Gasteiger partial charge in [0.1, 0.15) is 11.5 Å². The maximum absolute atomic E-state index is 12.6. The fourth-order valence-corrected chi connectivity index (χ4v) is 3.68. The molecule has 2 unspecified atom stereocenters. The number of anilines is 1. The highest BCUT2D eigenvalue weighted by atomic mass is 35.5. The van der Waals surface area contributed by atoms with Crippen molar-refractivity contribution in [1.82, 2.24) is 19.9 Å². The van der Waals surface area contributed by atoms with E-state index in [0.717, 1.165) is 37.7 Å². The van der Waals surface area contributed by atoms with Crippen LogP contribution in [0.1, 0.15) is 16.2 Å². The monoisotopic (exact) mass is 343 g/mol. The Balaban J connectivity index is 1.41. The maximum Gasteiger partial charge on any atom is 0.274 e. The first kappa shape index (κ1) is 15.3. The van der Waals surface area contributed by atoms with Crippen LogP contribution in [0.15, 0.2) is 30.7 Å². The summed E-state index contributed by atoms with van der Waals surface area (Å²) < 4.78 is 0. The normalized spacial score (nSPS) is 22.8. The van der Waals surface area contributed by atoms with Crippen LogP contribution in [0, 0.1) is 18.8 Å². The Morgan fingerprint density at radius 1 is 1.04 bits per heavy atom. The third kappa shape index (κ3) is 2.82. The Bertz CT molecular complexity index is 735. The van der Waals surface area contributed by atoms with Crippen molar-refractivity contribution in [3.63, 3.8) is 0 Å². The summed E-state index contributed by atoms with van der Waals surface area (Å²) in [5, 5.41) is 0.647. The average molecular weight is 344 g/mol. The van der Waals surface area contributed by atoms with Crippen LogP contribution < -0.4 is 4.90 Å². The number of rotatable bonds is 2. The Morgan fingerprint density at radius 2 is 1.79 bits per heavy atom. The fourth-order valence-electron chi connectivity index (χ4n) is 3.57. The number of amides is 1. The Labute approximate surface area is 145 Å². The van der Waals surface area contributed by atoms with Gasteiger partial charge in [-0.15, -0.1) is 0 Å². The van der Waals surface area contributed by atoms with Crippen molar-refractivity contribution in [1.29, 1.82) is 0 Å². The van der Waals surface area contributed by atoms with Crippen molar-refractivity contribution in [3.05, 3.63) is 47.1 Å². The van der Waals surface area contributed by atoms with E-state index in [-0.39, 0.29) is 5.91 Å². The van der Waals surface area contributed by atoms with Crippen molar-refractivity contribution >= 4 is 23.3 Å². The zero-order valence-electron chi connectivity index (χ0n) is 13.4. The van der Waals surface area contributed by atoms with Crippen LogP contribution in [0.2, 0.25) is 5.02 Å². The number of aromatic nitrogens is 3. The van der Waals surface area contributed by atoms with Crippen LogP contribution in [0.25, 0.3) is 0 Å². The molecule has 0 aliphatic carbocycles. The lowest BCUT2D eigenvalue weighted by Gasteiger charge is -2.22. The van der Waals surface area contributed by atoms with Gasteiger partial charge >= 0.3 is 0 Å². The first-order valence-corrected chi connectivity index (χ1v) is 8.42. The van der Waals surface area contributed by atoms with Gasteiger partial charge in [0.2, 0.25) is 0 Å². The molecule has 0 saturated carbocycles. The first-order chi connectivity index (χ1) is 11.6. The summed E-state index contributed by atoms with van der Waals surface area (Å²) in [6.07, 6.45) is 4.88. The standard InChI is InChI=1S/C17H18ClN5O/c1-11-4-20-15(6-19-11)17(24)23-9-12-7-22(8-13(12)10-23)16-3-2-14(18)5-21-16/h2-6,12-13H,7-10H2,1H3. The van der Waals surface area contributed by atoms with E-state index in [1.165, 1.54) is 0 Å². The first-order valence-electron chi connectivity index (χ1n) is 8.04. The number of carbonyl (C=O) groups is 1. The molecule has 0 N–H and O–H groups in total. The molecule has 1 amide bonds. The van der Waals surface area contributed by atoms with Gasteiger partial charge in [0, 0.05) is 50.4 Å². The second-order valence-electron chi connectivity index (χ2n) is 6.51. The second-order valence-corrected chi connectivity index (χ2v) is 6.95. The van der Waals surface area contributed by atoms with E-state index in [1.807, 2.05) is 24.0 Å². The minimum Gasteiger partial charge on any atom is -0.356 e. The number of nitrogens with zero attached hydrogens (tertiary/aromatic N) is 5. The van der Waals surface area contributed by atoms with Crippen molar-refractivity contribution in [3.8, 4) is 0 Å². The highest BCUT2D eigenvalue weighted by molar-refractivity contribution is 6.30. The molecular weight excluding hydrogens is 326 g/mol. The molecule has 0 bridgehead atoms. The average Bonchev–Trinajstić information content (AvgIpc) is 3.14. The molecule has 6 nitrogen and oxygen atoms in total. The zero-order valence-corrected chi connectivity index (χ0v) is 14.1. The summed E-state index contributed by atoms with van der Waals surface area (Å²) in [6, 6.07) is 3.82. The van der Waals surface area contributed by atoms with Gasteiger partial charge in [-0.05, 0) is 19.1 Å². The van der Waals surface area contributed by atoms with Gasteiger partial charge in [-0.1, -0.05) is 11.6 Å². The number of halogens is 1. The SMILES string of the molecule is Cc1cnc(C(=O)N2CC3CN(c4ccc(Cl)cn4)CC3C2)cn1. The summed E-state index contributed by atoms with van der Waals surface area (Å²) in [5.74, 6) is 1.89. The topological polar surface area (TPSA) is 62.2 Å². The van der Waals surface area contributed by atoms with Crippen LogP contribution in [0.4, 0.5) is 5.82 Å². The Kier molecular flexibility index (Phi) is 3.84. The summed E-state index contributed by atoms with van der Waals surface area (Å²) in [4.78, 5) is 29.5. The molecule has 24 heavy (non-hydrogen) atoms. The molecule has 0 radical (unpaired) electrons. The van der Waals surface area contributed by atoms with Gasteiger partial charge in [-0.2, -0.15) is 0 Å². The fraction of sp³-hybridized carbons (Fsp3) is 0.412. The largest absolute Gasteiger partial charge is 0.356 e. The van der Waals surface area contributed by atoms with Gasteiger partial charge < -0.3 is 9.80 Å². The Hall–Kier alpha value is -2.21. The molecule has 2 aliphatic rings. The van der Waals surface area contributed by atoms with Crippen molar-refractivity contribution in [2.24, 2.45) is 11.8 Å². The van der Waals surface area contributed by atoms with Gasteiger partial charge in [0.25, 0.3) is 5.91 Å². The van der Waals surface area contributed by atoms with E-state index in [2.05, 4.69) is 19.9 Å². The molecule has 2 aromatic heterocycles. The third-order valence-electron chi connectivity index (χ3n) is 4.81. The lowest BCUT2D eigenvalue weighted by atomic mass is 10.0. The smallest absolute Gasteiger partial charge is 0.274 e. The van der Waals surface area contributed by atoms with Crippen LogP contribution in [-0.2, 0) is 0 Å². The number of fused-ring (bicyclic) bond motifs is 1. The number of hydrogen-bond acceptors (Lipinski definition) is 5. The molecule has 7 heteroatoms. The van der Waals surface area contributed by atoms with E-state index in [4.69, 9.17) is 11.6 Å². The van der Waals surface area contributed by atoms with Crippen LogP contribution in [0.5, 0.6) is 0 Å². The summed E-state index contributed by atoms with van der Waals surface area (Å²) in [6.45, 7) is 5.23. The van der Waals surface area contributed by atoms with E-state index < -0.39 is 0 Å². The molecule has 2 atom stereocenters. The van der Waals surface area contributed by atoms with Gasteiger partial charge in [0.05, 0.1) is 16.9 Å². The maximum atomic E-state index is 12.6. The zero-order chi connectivity index (χ0) is 16.7. The second kappa shape index (κ2) is 6.02. The van der Waals surface area contributed by atoms with Crippen molar-refractivity contribution in [2.75, 3.05) is 31.1 Å². The molecule has 124 valence electrons. The number of pyridine rings is 1. The number of aryl methyl sites for hydroxylation is 1. The molecule has 4 rings (SSSR count). The van der Waals surface area contributed by atoms with Gasteiger partial charge in [0.15, 0.2) is 0 Å². The Morgan fingerprint density at radius 3 is 2.38 bits per heavy atom. The third-order valence-corrected chi connectivity index (χ3v) is 5.03. The van der Waals surface area contributed by atoms with Crippen LogP contribution >= 0.6 is 11.6 Å². The summed E-state index contributed by atoms with van der Waals surface area (Å²) in [7, 11) is 0. The van der Waals surface area contributed by atoms with Gasteiger partial charge in [-0.25, -0.2) is 9.97 Å². The van der Waals surface area contributed by atoms with E-state index in [0.29, 0.717) is 22.6 Å². The predicted octanol–water partition coefficient (Wildman–Crippen LogP) is 2.04. The lowest BCUT2D eigenvalue weighted by Crippen LogP contribution is -2.34. The molecule has 2 aliphatic heterocycles. The molecule has 2 aromatic rings. The molecule has 4 heterocycles.